The summed E-state index contributed by atoms with van der Waals surface area (Å²) < 4.78 is -1.66. The quantitative estimate of drug-likeness (QED) is 0.0978. The van der Waals surface area contributed by atoms with Crippen molar-refractivity contribution in [3.63, 3.8) is 0 Å². The molecule has 0 amide bonds. The van der Waals surface area contributed by atoms with Crippen molar-refractivity contribution in [3.8, 4) is 11.1 Å². The van der Waals surface area contributed by atoms with E-state index in [0.717, 1.165) is 17.5 Å². The summed E-state index contributed by atoms with van der Waals surface area (Å²) in [5, 5.41) is 5.30. The molecule has 0 heterocycles. The molecule has 0 fully saturated rings. The van der Waals surface area contributed by atoms with Crippen LogP contribution in [0.1, 0.15) is 33.4 Å². The summed E-state index contributed by atoms with van der Waals surface area (Å²) in [4.78, 5) is 0. The molecule has 0 saturated carbocycles. The molecule has 7 aromatic rings. The van der Waals surface area contributed by atoms with Crippen LogP contribution in [0.4, 0.5) is 0 Å². The van der Waals surface area contributed by atoms with Gasteiger partial charge < -0.3 is 24.8 Å². The largest absolute Gasteiger partial charge is 1.00 e. The van der Waals surface area contributed by atoms with E-state index in [9.17, 15) is 0 Å². The Kier molecular flexibility index (Phi) is 14.7. The molecule has 0 unspecified atom stereocenters. The Bertz CT molecular complexity index is 2100. The van der Waals surface area contributed by atoms with Crippen LogP contribution in [0.2, 0.25) is 0 Å². The van der Waals surface area contributed by atoms with E-state index < -0.39 is 7.59 Å². The van der Waals surface area contributed by atoms with Crippen LogP contribution in [0.15, 0.2) is 146 Å². The summed E-state index contributed by atoms with van der Waals surface area (Å²) in [5.41, 5.74) is 9.08. The molecule has 252 valence electrons. The maximum atomic E-state index is 5.86. The van der Waals surface area contributed by atoms with Gasteiger partial charge in [0.05, 0.1) is 0 Å². The Morgan fingerprint density at radius 1 is 0.580 bits per heavy atom. The van der Waals surface area contributed by atoms with Gasteiger partial charge >= 0.3 is 175 Å². The van der Waals surface area contributed by atoms with Crippen molar-refractivity contribution in [2.45, 2.75) is 14.0 Å². The average molecular weight is 894 g/mol. The predicted octanol–water partition coefficient (Wildman–Crippen LogP) is 7.23. The van der Waals surface area contributed by atoms with E-state index in [4.69, 9.17) is 69.6 Å². The molecule has 7 aromatic carbocycles. The Balaban J connectivity index is 0.000000190. The zero-order valence-corrected chi connectivity index (χ0v) is 34.6. The van der Waals surface area contributed by atoms with Gasteiger partial charge in [-0.3, -0.25) is 0 Å². The number of benzene rings is 6. The summed E-state index contributed by atoms with van der Waals surface area (Å²) in [7, 11) is 0. The van der Waals surface area contributed by atoms with Crippen LogP contribution in [0.3, 0.4) is 0 Å². The third kappa shape index (κ3) is 9.43. The molecular weight excluding hydrogens is 867 g/mol. The molecule has 0 aromatic heterocycles. The second kappa shape index (κ2) is 17.9. The van der Waals surface area contributed by atoms with Gasteiger partial charge in [0.25, 0.3) is 0 Å². The molecule has 1 aliphatic carbocycles. The Hall–Kier alpha value is -1.74. The van der Waals surface area contributed by atoms with E-state index >= 15 is 0 Å². The molecule has 50 heavy (non-hydrogen) atoms. The van der Waals surface area contributed by atoms with Crippen molar-refractivity contribution in [1.82, 2.24) is 0 Å². The summed E-state index contributed by atoms with van der Waals surface area (Å²) in [6, 6.07) is 52.3. The van der Waals surface area contributed by atoms with Crippen LogP contribution in [-0.2, 0) is 38.2 Å². The van der Waals surface area contributed by atoms with Crippen molar-refractivity contribution >= 4 is 94.4 Å². The molecule has 0 spiro atoms. The van der Waals surface area contributed by atoms with Crippen LogP contribution in [0.5, 0.6) is 0 Å². The number of halogens is 8. The SMILES string of the molecule is ClC(Cl)(Cl)c1ccc([C](=[Zr+2])c2ccc(C(Cl)(Cl)Cl)cc2)cc1.[Cl-].[Cl-].[c-]1cccc2c1c1c(c3ccccc32)-c2ccccc2C1.c1cc[cH-]c1. The fourth-order valence-electron chi connectivity index (χ4n) is 5.87. The maximum absolute atomic E-state index is 5.86. The van der Waals surface area contributed by atoms with E-state index in [0.29, 0.717) is 11.1 Å². The molecular formula is C41H26Cl8Zr-2. The molecule has 0 bridgehead atoms. The Labute approximate surface area is 350 Å². The van der Waals surface area contributed by atoms with E-state index in [1.807, 2.05) is 84.9 Å². The average Bonchev–Trinajstić information content (AvgIpc) is 3.81. The van der Waals surface area contributed by atoms with Gasteiger partial charge in [-0.05, 0) is 28.5 Å². The fraction of sp³-hybridized carbons (Fsp3) is 0.0732. The number of hydrogen-bond donors (Lipinski definition) is 0. The van der Waals surface area contributed by atoms with Crippen LogP contribution < -0.4 is 24.8 Å². The number of hydrogen-bond acceptors (Lipinski definition) is 0. The van der Waals surface area contributed by atoms with Gasteiger partial charge in [-0.2, -0.15) is 18.2 Å². The first kappa shape index (κ1) is 41.0. The van der Waals surface area contributed by atoms with Crippen LogP contribution >= 0.6 is 69.6 Å². The van der Waals surface area contributed by atoms with E-state index in [2.05, 4.69) is 66.7 Å². The molecule has 1 aliphatic rings. The summed E-state index contributed by atoms with van der Waals surface area (Å²) in [6.07, 6.45) is 1.02. The topological polar surface area (TPSA) is 0 Å². The Morgan fingerprint density at radius 2 is 1.08 bits per heavy atom. The summed E-state index contributed by atoms with van der Waals surface area (Å²) in [6.45, 7) is 0. The van der Waals surface area contributed by atoms with Gasteiger partial charge in [0, 0.05) is 0 Å². The van der Waals surface area contributed by atoms with Crippen LogP contribution in [0.25, 0.3) is 32.7 Å². The first-order valence-corrected chi connectivity index (χ1v) is 18.5. The second-order valence-corrected chi connectivity index (χ2v) is 17.0. The molecule has 0 aliphatic heterocycles. The molecule has 0 saturated heterocycles. The van der Waals surface area contributed by atoms with Gasteiger partial charge in [-0.1, -0.05) is 53.9 Å². The third-order valence-electron chi connectivity index (χ3n) is 8.16. The van der Waals surface area contributed by atoms with Crippen LogP contribution in [0, 0.1) is 6.07 Å². The Morgan fingerprint density at radius 3 is 1.60 bits per heavy atom. The second-order valence-electron chi connectivity index (χ2n) is 11.2. The molecule has 0 atom stereocenters. The van der Waals surface area contributed by atoms with Crippen molar-refractivity contribution < 1.29 is 49.0 Å². The molecule has 0 radical (unpaired) electrons. The number of rotatable bonds is 2. The maximum Gasteiger partial charge on any atom is -0.0240 e. The van der Waals surface area contributed by atoms with Gasteiger partial charge in [0.2, 0.25) is 0 Å². The molecule has 8 rings (SSSR count). The van der Waals surface area contributed by atoms with Crippen molar-refractivity contribution in [1.29, 1.82) is 0 Å². The number of alkyl halides is 6. The van der Waals surface area contributed by atoms with E-state index in [1.165, 1.54) is 71.2 Å². The van der Waals surface area contributed by atoms with Gasteiger partial charge in [0.15, 0.2) is 0 Å². The standard InChI is InChI=1S/C21H13.C15H8Cl6.C5H5.2ClH.Zr/c1-2-8-15-14(7-1)13-20-18-11-4-3-9-16(18)17-10-5-6-12-19(17)21(15)20;16-14(17,18)12-5-1-10(2-6-12)9-11-3-7-13(8-4-11)15(19,20)21;1-2-4-5-3-1;;;/h1-10,12H,13H2;1-8H;1-5H;2*1H;/q-1;;-1;;;+2/p-2. The fourth-order valence-corrected chi connectivity index (χ4v) is 7.44. The van der Waals surface area contributed by atoms with Gasteiger partial charge in [0.1, 0.15) is 0 Å². The predicted molar refractivity (Wildman–Crippen MR) is 205 cm³/mol. The van der Waals surface area contributed by atoms with Crippen LogP contribution in [-0.4, -0.2) is 3.21 Å². The zero-order valence-electron chi connectivity index (χ0n) is 26.1. The van der Waals surface area contributed by atoms with E-state index in [1.54, 1.807) is 0 Å². The molecule has 9 heteroatoms. The smallest absolute Gasteiger partial charge is 0.0240 e. The third-order valence-corrected chi connectivity index (χ3v) is 10.9. The molecule has 0 nitrogen and oxygen atoms in total. The summed E-state index contributed by atoms with van der Waals surface area (Å²) in [5.74, 6) is 0. The minimum atomic E-state index is -1.41. The normalized spacial score (nSPS) is 11.5. The molecule has 0 N–H and O–H groups in total. The van der Waals surface area contributed by atoms with Gasteiger partial charge in [-0.25, -0.2) is 12.1 Å². The van der Waals surface area contributed by atoms with Crippen molar-refractivity contribution in [2.24, 2.45) is 0 Å². The first-order chi connectivity index (χ1) is 23.0. The number of fused-ring (bicyclic) bond motifs is 8. The van der Waals surface area contributed by atoms with E-state index in [-0.39, 0.29) is 24.8 Å². The minimum Gasteiger partial charge on any atom is -1.00 e. The monoisotopic (exact) mass is 888 g/mol. The van der Waals surface area contributed by atoms with Crippen molar-refractivity contribution in [2.75, 3.05) is 0 Å². The van der Waals surface area contributed by atoms with Crippen molar-refractivity contribution in [3.05, 3.63) is 185 Å². The first-order valence-electron chi connectivity index (χ1n) is 15.0. The zero-order chi connectivity index (χ0) is 33.9. The summed E-state index contributed by atoms with van der Waals surface area (Å²) >= 11 is 36.4. The van der Waals surface area contributed by atoms with Gasteiger partial charge in [-0.15, -0.1) is 40.6 Å². The minimum absolute atomic E-state index is 0.